The second kappa shape index (κ2) is 4.57. The van der Waals surface area contributed by atoms with E-state index in [4.69, 9.17) is 0 Å². The molecule has 82 valence electrons. The van der Waals surface area contributed by atoms with Crippen molar-refractivity contribution in [3.8, 4) is 0 Å². The van der Waals surface area contributed by atoms with Crippen molar-refractivity contribution in [1.82, 2.24) is 14.8 Å². The summed E-state index contributed by atoms with van der Waals surface area (Å²) in [7, 11) is 1.83. The minimum Gasteiger partial charge on any atom is -0.294 e. The van der Waals surface area contributed by atoms with Gasteiger partial charge in [-0.15, -0.1) is 0 Å². The third-order valence-corrected chi connectivity index (χ3v) is 2.57. The Hall–Kier alpha value is -1.49. The molecule has 2 heterocycles. The molecule has 0 amide bonds. The summed E-state index contributed by atoms with van der Waals surface area (Å²) in [5.41, 5.74) is 1.37. The highest BCUT2D eigenvalue weighted by atomic mass is 79.9. The first-order chi connectivity index (χ1) is 7.65. The van der Waals surface area contributed by atoms with Crippen LogP contribution >= 0.6 is 15.9 Å². The van der Waals surface area contributed by atoms with Crippen molar-refractivity contribution in [2.45, 2.75) is 6.42 Å². The van der Waals surface area contributed by atoms with Crippen LogP contribution in [0.1, 0.15) is 16.1 Å². The summed E-state index contributed by atoms with van der Waals surface area (Å²) < 4.78 is 2.49. The van der Waals surface area contributed by atoms with Crippen LogP contribution in [-0.2, 0) is 13.5 Å². The first-order valence-corrected chi connectivity index (χ1v) is 5.57. The van der Waals surface area contributed by atoms with E-state index in [-0.39, 0.29) is 5.78 Å². The Balaban J connectivity index is 2.14. The van der Waals surface area contributed by atoms with E-state index in [0.29, 0.717) is 12.0 Å². The quantitative estimate of drug-likeness (QED) is 0.808. The van der Waals surface area contributed by atoms with E-state index < -0.39 is 0 Å². The molecule has 0 saturated carbocycles. The summed E-state index contributed by atoms with van der Waals surface area (Å²) in [6, 6.07) is 3.60. The SMILES string of the molecule is Cn1ccc(CC(=O)c2cncc(Br)c2)n1. The van der Waals surface area contributed by atoms with E-state index in [2.05, 4.69) is 26.0 Å². The zero-order chi connectivity index (χ0) is 11.5. The molecule has 2 rings (SSSR count). The minimum absolute atomic E-state index is 0.0208. The Bertz CT molecular complexity index is 521. The van der Waals surface area contributed by atoms with Crippen LogP contribution in [0.5, 0.6) is 0 Å². The van der Waals surface area contributed by atoms with E-state index in [0.717, 1.165) is 10.2 Å². The number of ketones is 1. The molecule has 4 nitrogen and oxygen atoms in total. The Morgan fingerprint density at radius 3 is 2.94 bits per heavy atom. The fourth-order valence-electron chi connectivity index (χ4n) is 1.39. The molecule has 5 heteroatoms. The fraction of sp³-hybridized carbons (Fsp3) is 0.182. The van der Waals surface area contributed by atoms with Crippen molar-refractivity contribution >= 4 is 21.7 Å². The van der Waals surface area contributed by atoms with Gasteiger partial charge in [-0.25, -0.2) is 0 Å². The van der Waals surface area contributed by atoms with Crippen molar-refractivity contribution < 1.29 is 4.79 Å². The monoisotopic (exact) mass is 279 g/mol. The van der Waals surface area contributed by atoms with Gasteiger partial charge in [0.15, 0.2) is 5.78 Å². The van der Waals surface area contributed by atoms with E-state index >= 15 is 0 Å². The number of aryl methyl sites for hydroxylation is 1. The summed E-state index contributed by atoms with van der Waals surface area (Å²) >= 11 is 3.29. The highest BCUT2D eigenvalue weighted by Gasteiger charge is 2.09. The normalized spacial score (nSPS) is 10.4. The molecule has 0 aliphatic rings. The number of nitrogens with zero attached hydrogens (tertiary/aromatic N) is 3. The number of Topliss-reactive ketones (excluding diaryl/α,β-unsaturated/α-hetero) is 1. The van der Waals surface area contributed by atoms with E-state index in [9.17, 15) is 4.79 Å². The van der Waals surface area contributed by atoms with Gasteiger partial charge in [0.25, 0.3) is 0 Å². The van der Waals surface area contributed by atoms with Crippen molar-refractivity contribution in [2.75, 3.05) is 0 Å². The highest BCUT2D eigenvalue weighted by Crippen LogP contribution is 2.11. The first-order valence-electron chi connectivity index (χ1n) is 4.77. The van der Waals surface area contributed by atoms with Crippen LogP contribution in [0.2, 0.25) is 0 Å². The van der Waals surface area contributed by atoms with Gasteiger partial charge in [-0.1, -0.05) is 0 Å². The Kier molecular flexibility index (Phi) is 3.14. The maximum Gasteiger partial charge on any atom is 0.170 e. The number of pyridine rings is 1. The predicted molar refractivity (Wildman–Crippen MR) is 63.2 cm³/mol. The maximum atomic E-state index is 11.9. The molecule has 2 aromatic heterocycles. The van der Waals surface area contributed by atoms with Crippen molar-refractivity contribution in [2.24, 2.45) is 7.05 Å². The van der Waals surface area contributed by atoms with Crippen LogP contribution < -0.4 is 0 Å². The zero-order valence-corrected chi connectivity index (χ0v) is 10.3. The molecule has 2 aromatic rings. The molecule has 0 radical (unpaired) electrons. The molecule has 0 aliphatic carbocycles. The molecule has 0 N–H and O–H groups in total. The largest absolute Gasteiger partial charge is 0.294 e. The van der Waals surface area contributed by atoms with Crippen molar-refractivity contribution in [1.29, 1.82) is 0 Å². The number of aromatic nitrogens is 3. The van der Waals surface area contributed by atoms with Crippen LogP contribution in [0.3, 0.4) is 0 Å². The summed E-state index contributed by atoms with van der Waals surface area (Å²) in [6.07, 6.45) is 5.34. The van der Waals surface area contributed by atoms with Gasteiger partial charge in [-0.05, 0) is 28.1 Å². The summed E-state index contributed by atoms with van der Waals surface area (Å²) in [6.45, 7) is 0. The molecule has 0 aliphatic heterocycles. The van der Waals surface area contributed by atoms with Gasteiger partial charge in [0.05, 0.1) is 12.1 Å². The number of halogens is 1. The summed E-state index contributed by atoms with van der Waals surface area (Å²) in [5, 5.41) is 4.16. The molecular formula is C11H10BrN3O. The van der Waals surface area contributed by atoms with E-state index in [1.807, 2.05) is 19.3 Å². The number of carbonyl (C=O) groups is 1. The molecule has 0 bridgehead atoms. The van der Waals surface area contributed by atoms with Gasteiger partial charge >= 0.3 is 0 Å². The summed E-state index contributed by atoms with van der Waals surface area (Å²) in [4.78, 5) is 15.8. The van der Waals surface area contributed by atoms with E-state index in [1.165, 1.54) is 0 Å². The number of rotatable bonds is 3. The van der Waals surface area contributed by atoms with Gasteiger partial charge in [0, 0.05) is 35.7 Å². The van der Waals surface area contributed by atoms with Crippen molar-refractivity contribution in [3.05, 3.63) is 46.5 Å². The third kappa shape index (κ3) is 2.55. The molecule has 16 heavy (non-hydrogen) atoms. The molecular weight excluding hydrogens is 270 g/mol. The lowest BCUT2D eigenvalue weighted by Crippen LogP contribution is -2.05. The van der Waals surface area contributed by atoms with Gasteiger partial charge in [-0.3, -0.25) is 14.5 Å². The standard InChI is InChI=1S/C11H10BrN3O/c1-15-3-2-10(14-15)5-11(16)8-4-9(12)7-13-6-8/h2-4,6-7H,5H2,1H3. The van der Waals surface area contributed by atoms with E-state index in [1.54, 1.807) is 23.1 Å². The number of hydrogen-bond acceptors (Lipinski definition) is 3. The van der Waals surface area contributed by atoms with Gasteiger partial charge in [-0.2, -0.15) is 5.10 Å². The Morgan fingerprint density at radius 1 is 1.50 bits per heavy atom. The third-order valence-electron chi connectivity index (χ3n) is 2.14. The molecule has 0 atom stereocenters. The Labute approximate surface area is 101 Å². The first kappa shape index (κ1) is 11.0. The van der Waals surface area contributed by atoms with Crippen LogP contribution in [0.15, 0.2) is 35.2 Å². The molecule has 0 aromatic carbocycles. The van der Waals surface area contributed by atoms with Gasteiger partial charge in [0.1, 0.15) is 0 Å². The smallest absolute Gasteiger partial charge is 0.170 e. The summed E-state index contributed by atoms with van der Waals surface area (Å²) in [5.74, 6) is 0.0208. The minimum atomic E-state index is 0.0208. The van der Waals surface area contributed by atoms with Crippen LogP contribution in [0.4, 0.5) is 0 Å². The average Bonchev–Trinajstić information content (AvgIpc) is 2.64. The average molecular weight is 280 g/mol. The van der Waals surface area contributed by atoms with Crippen LogP contribution in [0, 0.1) is 0 Å². The van der Waals surface area contributed by atoms with Crippen LogP contribution in [-0.4, -0.2) is 20.5 Å². The highest BCUT2D eigenvalue weighted by molar-refractivity contribution is 9.10. The fourth-order valence-corrected chi connectivity index (χ4v) is 1.75. The lowest BCUT2D eigenvalue weighted by Gasteiger charge is -1.98. The number of carbonyl (C=O) groups excluding carboxylic acids is 1. The lowest BCUT2D eigenvalue weighted by atomic mass is 10.1. The molecule has 0 unspecified atom stereocenters. The lowest BCUT2D eigenvalue weighted by molar-refractivity contribution is 0.0991. The molecule has 0 saturated heterocycles. The zero-order valence-electron chi connectivity index (χ0n) is 8.72. The second-order valence-electron chi connectivity index (χ2n) is 3.47. The van der Waals surface area contributed by atoms with Gasteiger partial charge in [0.2, 0.25) is 0 Å². The topological polar surface area (TPSA) is 47.8 Å². The maximum absolute atomic E-state index is 11.9. The predicted octanol–water partition coefficient (Wildman–Crippen LogP) is 2.00. The number of hydrogen-bond donors (Lipinski definition) is 0. The Morgan fingerprint density at radius 2 is 2.31 bits per heavy atom. The van der Waals surface area contributed by atoms with Crippen molar-refractivity contribution in [3.63, 3.8) is 0 Å². The van der Waals surface area contributed by atoms with Gasteiger partial charge < -0.3 is 0 Å². The molecule has 0 spiro atoms. The van der Waals surface area contributed by atoms with Crippen LogP contribution in [0.25, 0.3) is 0 Å². The molecule has 0 fully saturated rings. The second-order valence-corrected chi connectivity index (χ2v) is 4.39.